The third-order valence-electron chi connectivity index (χ3n) is 2.62. The summed E-state index contributed by atoms with van der Waals surface area (Å²) in [5.41, 5.74) is 4.95. The first-order valence-corrected chi connectivity index (χ1v) is 5.89. The molecule has 0 aromatic carbocycles. The van der Waals surface area contributed by atoms with E-state index in [9.17, 15) is 9.59 Å². The Labute approximate surface area is 108 Å². The van der Waals surface area contributed by atoms with Gasteiger partial charge < -0.3 is 15.6 Å². The molecule has 0 aliphatic heterocycles. The number of hydrogen-bond acceptors (Lipinski definition) is 6. The minimum absolute atomic E-state index is 0.120. The van der Waals surface area contributed by atoms with Gasteiger partial charge >= 0.3 is 5.69 Å². The highest BCUT2D eigenvalue weighted by Gasteiger charge is 2.11. The summed E-state index contributed by atoms with van der Waals surface area (Å²) in [6.07, 6.45) is 2.24. The van der Waals surface area contributed by atoms with E-state index < -0.39 is 11.2 Å². The Morgan fingerprint density at radius 1 is 1.53 bits per heavy atom. The SMILES string of the molecule is CCCn1c(N)c(NCc2ccno2)c(=O)[nH]c1=O. The third kappa shape index (κ3) is 2.67. The molecule has 0 saturated heterocycles. The van der Waals surface area contributed by atoms with Gasteiger partial charge in [0.25, 0.3) is 5.56 Å². The van der Waals surface area contributed by atoms with E-state index in [1.54, 1.807) is 6.07 Å². The lowest BCUT2D eigenvalue weighted by molar-refractivity contribution is 0.388. The highest BCUT2D eigenvalue weighted by molar-refractivity contribution is 5.60. The topological polar surface area (TPSA) is 119 Å². The van der Waals surface area contributed by atoms with E-state index in [0.29, 0.717) is 12.3 Å². The van der Waals surface area contributed by atoms with E-state index in [2.05, 4.69) is 15.5 Å². The number of rotatable bonds is 5. The number of aromatic nitrogens is 3. The molecule has 4 N–H and O–H groups in total. The fourth-order valence-electron chi connectivity index (χ4n) is 1.71. The summed E-state index contributed by atoms with van der Waals surface area (Å²) in [6, 6.07) is 1.67. The van der Waals surface area contributed by atoms with Crippen LogP contribution < -0.4 is 22.3 Å². The smallest absolute Gasteiger partial charge is 0.330 e. The van der Waals surface area contributed by atoms with Crippen molar-refractivity contribution in [1.82, 2.24) is 14.7 Å². The van der Waals surface area contributed by atoms with Crippen LogP contribution in [0.5, 0.6) is 0 Å². The molecule has 0 amide bonds. The molecule has 19 heavy (non-hydrogen) atoms. The number of anilines is 2. The normalized spacial score (nSPS) is 10.6. The van der Waals surface area contributed by atoms with Crippen LogP contribution in [0.3, 0.4) is 0 Å². The second-order valence-electron chi connectivity index (χ2n) is 4.00. The number of nitrogens with one attached hydrogen (secondary N) is 2. The van der Waals surface area contributed by atoms with Gasteiger partial charge in [0, 0.05) is 12.6 Å². The van der Waals surface area contributed by atoms with E-state index in [-0.39, 0.29) is 18.1 Å². The zero-order valence-electron chi connectivity index (χ0n) is 10.5. The van der Waals surface area contributed by atoms with Crippen molar-refractivity contribution in [3.8, 4) is 0 Å². The van der Waals surface area contributed by atoms with Crippen LogP contribution in [0.1, 0.15) is 19.1 Å². The Kier molecular flexibility index (Phi) is 3.69. The Bertz CT molecular complexity index is 656. The Morgan fingerprint density at radius 3 is 2.95 bits per heavy atom. The summed E-state index contributed by atoms with van der Waals surface area (Å²) in [6.45, 7) is 2.62. The molecular weight excluding hydrogens is 250 g/mol. The second kappa shape index (κ2) is 5.42. The van der Waals surface area contributed by atoms with Crippen molar-refractivity contribution in [3.63, 3.8) is 0 Å². The molecule has 0 unspecified atom stereocenters. The second-order valence-corrected chi connectivity index (χ2v) is 4.00. The fourth-order valence-corrected chi connectivity index (χ4v) is 1.71. The first-order valence-electron chi connectivity index (χ1n) is 5.89. The van der Waals surface area contributed by atoms with Crippen molar-refractivity contribution in [2.24, 2.45) is 0 Å². The molecule has 2 aromatic rings. The van der Waals surface area contributed by atoms with Crippen LogP contribution in [0.4, 0.5) is 11.5 Å². The van der Waals surface area contributed by atoms with Gasteiger partial charge in [0.1, 0.15) is 11.5 Å². The fraction of sp³-hybridized carbons (Fsp3) is 0.364. The Hall–Kier alpha value is -2.51. The number of aromatic amines is 1. The molecule has 0 saturated carbocycles. The van der Waals surface area contributed by atoms with E-state index in [1.165, 1.54) is 10.8 Å². The molecule has 102 valence electrons. The molecule has 8 nitrogen and oxygen atoms in total. The lowest BCUT2D eigenvalue weighted by Crippen LogP contribution is -2.34. The third-order valence-corrected chi connectivity index (χ3v) is 2.62. The molecule has 0 spiro atoms. The molecule has 0 fully saturated rings. The summed E-state index contributed by atoms with van der Waals surface area (Å²) in [4.78, 5) is 25.6. The monoisotopic (exact) mass is 265 g/mol. The highest BCUT2D eigenvalue weighted by Crippen LogP contribution is 2.11. The summed E-state index contributed by atoms with van der Waals surface area (Å²) in [5, 5.41) is 6.40. The zero-order valence-corrected chi connectivity index (χ0v) is 10.5. The van der Waals surface area contributed by atoms with Crippen LogP contribution >= 0.6 is 0 Å². The minimum Gasteiger partial charge on any atom is -0.383 e. The molecule has 0 bridgehead atoms. The maximum absolute atomic E-state index is 11.7. The predicted octanol–water partition coefficient (Wildman–Crippen LogP) is 0.129. The zero-order chi connectivity index (χ0) is 13.8. The van der Waals surface area contributed by atoms with Crippen molar-refractivity contribution >= 4 is 11.5 Å². The number of nitrogens with two attached hydrogens (primary N) is 1. The summed E-state index contributed by atoms with van der Waals surface area (Å²) in [7, 11) is 0. The first kappa shape index (κ1) is 12.9. The van der Waals surface area contributed by atoms with Crippen LogP contribution in [0.25, 0.3) is 0 Å². The van der Waals surface area contributed by atoms with Crippen molar-refractivity contribution < 1.29 is 4.52 Å². The van der Waals surface area contributed by atoms with Gasteiger partial charge in [-0.2, -0.15) is 0 Å². The maximum atomic E-state index is 11.7. The van der Waals surface area contributed by atoms with E-state index in [4.69, 9.17) is 10.3 Å². The van der Waals surface area contributed by atoms with Gasteiger partial charge in [0.05, 0.1) is 12.7 Å². The van der Waals surface area contributed by atoms with Crippen molar-refractivity contribution in [2.45, 2.75) is 26.4 Å². The van der Waals surface area contributed by atoms with Gasteiger partial charge in [-0.1, -0.05) is 12.1 Å². The van der Waals surface area contributed by atoms with Crippen molar-refractivity contribution in [2.75, 3.05) is 11.1 Å². The largest absolute Gasteiger partial charge is 0.383 e. The Morgan fingerprint density at radius 2 is 2.32 bits per heavy atom. The molecule has 8 heteroatoms. The molecule has 2 heterocycles. The van der Waals surface area contributed by atoms with Crippen LogP contribution in [0.2, 0.25) is 0 Å². The predicted molar refractivity (Wildman–Crippen MR) is 69.9 cm³/mol. The van der Waals surface area contributed by atoms with Crippen LogP contribution in [0, 0.1) is 0 Å². The quantitative estimate of drug-likeness (QED) is 0.707. The van der Waals surface area contributed by atoms with Gasteiger partial charge in [0.2, 0.25) is 0 Å². The average molecular weight is 265 g/mol. The summed E-state index contributed by atoms with van der Waals surface area (Å²) < 4.78 is 6.23. The summed E-state index contributed by atoms with van der Waals surface area (Å²) >= 11 is 0. The van der Waals surface area contributed by atoms with Gasteiger partial charge in [-0.05, 0) is 6.42 Å². The van der Waals surface area contributed by atoms with Crippen LogP contribution in [-0.2, 0) is 13.1 Å². The number of nitrogen functional groups attached to an aromatic ring is 1. The van der Waals surface area contributed by atoms with E-state index in [0.717, 1.165) is 6.42 Å². The maximum Gasteiger partial charge on any atom is 0.330 e. The standard InChI is InChI=1S/C11H15N5O3/c1-2-5-16-9(12)8(10(17)15-11(16)18)13-6-7-3-4-14-19-7/h3-4,13H,2,5-6,12H2,1H3,(H,15,17,18). The molecular formula is C11H15N5O3. The number of nitrogens with zero attached hydrogens (tertiary/aromatic N) is 2. The summed E-state index contributed by atoms with van der Waals surface area (Å²) in [5.74, 6) is 0.683. The molecule has 0 aliphatic carbocycles. The van der Waals surface area contributed by atoms with E-state index in [1.807, 2.05) is 6.92 Å². The lowest BCUT2D eigenvalue weighted by Gasteiger charge is -2.12. The minimum atomic E-state index is -0.547. The van der Waals surface area contributed by atoms with Crippen LogP contribution in [0.15, 0.2) is 26.4 Å². The highest BCUT2D eigenvalue weighted by atomic mass is 16.5. The number of H-pyrrole nitrogens is 1. The van der Waals surface area contributed by atoms with E-state index >= 15 is 0 Å². The van der Waals surface area contributed by atoms with Crippen molar-refractivity contribution in [3.05, 3.63) is 38.9 Å². The average Bonchev–Trinajstić information content (AvgIpc) is 2.87. The van der Waals surface area contributed by atoms with Gasteiger partial charge in [-0.15, -0.1) is 0 Å². The first-order chi connectivity index (χ1) is 9.13. The molecule has 0 radical (unpaired) electrons. The Balaban J connectivity index is 2.31. The molecule has 0 atom stereocenters. The van der Waals surface area contributed by atoms with Crippen molar-refractivity contribution in [1.29, 1.82) is 0 Å². The van der Waals surface area contributed by atoms with Gasteiger partial charge in [-0.3, -0.25) is 14.3 Å². The van der Waals surface area contributed by atoms with Gasteiger partial charge in [-0.25, -0.2) is 4.79 Å². The molecule has 2 aromatic heterocycles. The molecule has 0 aliphatic rings. The lowest BCUT2D eigenvalue weighted by atomic mass is 10.4. The van der Waals surface area contributed by atoms with Gasteiger partial charge in [0.15, 0.2) is 5.76 Å². The molecule has 2 rings (SSSR count). The number of hydrogen-bond donors (Lipinski definition) is 3. The van der Waals surface area contributed by atoms with Crippen LogP contribution in [-0.4, -0.2) is 14.7 Å².